The van der Waals surface area contributed by atoms with Gasteiger partial charge in [-0.2, -0.15) is 9.40 Å². The maximum absolute atomic E-state index is 12.6. The quantitative estimate of drug-likeness (QED) is 0.788. The predicted molar refractivity (Wildman–Crippen MR) is 83.5 cm³/mol. The van der Waals surface area contributed by atoms with Crippen LogP contribution in [0.3, 0.4) is 0 Å². The van der Waals surface area contributed by atoms with E-state index in [2.05, 4.69) is 10.2 Å². The summed E-state index contributed by atoms with van der Waals surface area (Å²) in [4.78, 5) is 14.2. The SMILES string of the molecule is O=C(c1cc2c(nn1)CCC2)N1CCN(S(=O)(=O)C2CC2)CC1. The van der Waals surface area contributed by atoms with Gasteiger partial charge in [0.15, 0.2) is 5.69 Å². The summed E-state index contributed by atoms with van der Waals surface area (Å²) in [7, 11) is -3.14. The Labute approximate surface area is 135 Å². The maximum Gasteiger partial charge on any atom is 0.274 e. The molecule has 2 heterocycles. The summed E-state index contributed by atoms with van der Waals surface area (Å²) >= 11 is 0. The van der Waals surface area contributed by atoms with Crippen molar-refractivity contribution in [1.82, 2.24) is 19.4 Å². The molecule has 2 aliphatic carbocycles. The van der Waals surface area contributed by atoms with Crippen LogP contribution in [-0.2, 0) is 22.9 Å². The zero-order valence-corrected chi connectivity index (χ0v) is 13.8. The molecular formula is C15H20N4O3S. The van der Waals surface area contributed by atoms with Crippen molar-refractivity contribution in [1.29, 1.82) is 0 Å². The number of hydrogen-bond acceptors (Lipinski definition) is 5. The van der Waals surface area contributed by atoms with Gasteiger partial charge in [-0.3, -0.25) is 4.79 Å². The van der Waals surface area contributed by atoms with Crippen LogP contribution < -0.4 is 0 Å². The average Bonchev–Trinajstić information content (AvgIpc) is 3.33. The first-order valence-electron chi connectivity index (χ1n) is 8.19. The molecule has 1 aliphatic heterocycles. The van der Waals surface area contributed by atoms with E-state index in [-0.39, 0.29) is 11.2 Å². The van der Waals surface area contributed by atoms with E-state index in [1.165, 1.54) is 4.31 Å². The minimum atomic E-state index is -3.14. The Kier molecular flexibility index (Phi) is 3.60. The van der Waals surface area contributed by atoms with Crippen LogP contribution in [0, 0.1) is 0 Å². The number of rotatable bonds is 3. The summed E-state index contributed by atoms with van der Waals surface area (Å²) in [5.74, 6) is -0.143. The average molecular weight is 336 g/mol. The Morgan fingerprint density at radius 3 is 2.52 bits per heavy atom. The van der Waals surface area contributed by atoms with Crippen LogP contribution in [0.1, 0.15) is 41.0 Å². The van der Waals surface area contributed by atoms with Gasteiger partial charge in [-0.1, -0.05) is 0 Å². The first-order chi connectivity index (χ1) is 11.1. The van der Waals surface area contributed by atoms with Gasteiger partial charge in [0.05, 0.1) is 10.9 Å². The fraction of sp³-hybridized carbons (Fsp3) is 0.667. The normalized spacial score (nSPS) is 22.2. The lowest BCUT2D eigenvalue weighted by atomic mass is 10.2. The highest BCUT2D eigenvalue weighted by atomic mass is 32.2. The highest BCUT2D eigenvalue weighted by molar-refractivity contribution is 7.90. The molecule has 0 N–H and O–H groups in total. The number of fused-ring (bicyclic) bond motifs is 1. The van der Waals surface area contributed by atoms with Crippen LogP contribution in [0.15, 0.2) is 6.07 Å². The van der Waals surface area contributed by atoms with E-state index >= 15 is 0 Å². The summed E-state index contributed by atoms with van der Waals surface area (Å²) in [5, 5.41) is 8.03. The topological polar surface area (TPSA) is 83.5 Å². The molecule has 8 heteroatoms. The van der Waals surface area contributed by atoms with Crippen LogP contribution >= 0.6 is 0 Å². The highest BCUT2D eigenvalue weighted by Crippen LogP contribution is 2.31. The molecule has 0 spiro atoms. The largest absolute Gasteiger partial charge is 0.335 e. The monoisotopic (exact) mass is 336 g/mol. The van der Waals surface area contributed by atoms with Crippen molar-refractivity contribution in [3.8, 4) is 0 Å². The Balaban J connectivity index is 1.43. The third-order valence-electron chi connectivity index (χ3n) is 4.87. The van der Waals surface area contributed by atoms with E-state index in [0.29, 0.717) is 31.9 Å². The van der Waals surface area contributed by atoms with E-state index in [4.69, 9.17) is 0 Å². The molecule has 1 saturated heterocycles. The Hall–Kier alpha value is -1.54. The smallest absolute Gasteiger partial charge is 0.274 e. The van der Waals surface area contributed by atoms with Gasteiger partial charge in [0.2, 0.25) is 10.0 Å². The molecule has 4 rings (SSSR count). The lowest BCUT2D eigenvalue weighted by Gasteiger charge is -2.33. The third kappa shape index (κ3) is 2.74. The number of amides is 1. The number of sulfonamides is 1. The standard InChI is InChI=1S/C15H20N4O3S/c20-15(14-10-11-2-1-3-13(11)16-17-14)18-6-8-19(9-7-18)23(21,22)12-4-5-12/h10,12H,1-9H2. The number of aryl methyl sites for hydroxylation is 2. The third-order valence-corrected chi connectivity index (χ3v) is 7.27. The second-order valence-corrected chi connectivity index (χ2v) is 8.70. The summed E-state index contributed by atoms with van der Waals surface area (Å²) in [6.07, 6.45) is 4.50. The molecule has 3 aliphatic rings. The second-order valence-electron chi connectivity index (χ2n) is 6.49. The van der Waals surface area contributed by atoms with Crippen LogP contribution in [0.5, 0.6) is 0 Å². The molecule has 0 bridgehead atoms. The minimum absolute atomic E-state index is 0.143. The summed E-state index contributed by atoms with van der Waals surface area (Å²) in [6.45, 7) is 1.60. The Morgan fingerprint density at radius 2 is 1.83 bits per heavy atom. The van der Waals surface area contributed by atoms with E-state index in [9.17, 15) is 13.2 Å². The van der Waals surface area contributed by atoms with Gasteiger partial charge in [0.1, 0.15) is 0 Å². The molecule has 0 radical (unpaired) electrons. The van der Waals surface area contributed by atoms with E-state index in [0.717, 1.165) is 43.4 Å². The van der Waals surface area contributed by atoms with E-state index in [1.807, 2.05) is 6.07 Å². The number of aromatic nitrogens is 2. The fourth-order valence-electron chi connectivity index (χ4n) is 3.32. The number of carbonyl (C=O) groups is 1. The second kappa shape index (κ2) is 5.52. The van der Waals surface area contributed by atoms with Crippen molar-refractivity contribution in [2.24, 2.45) is 0 Å². The van der Waals surface area contributed by atoms with E-state index < -0.39 is 10.0 Å². The first kappa shape index (κ1) is 15.0. The van der Waals surface area contributed by atoms with Gasteiger partial charge in [-0.05, 0) is 43.7 Å². The van der Waals surface area contributed by atoms with Crippen molar-refractivity contribution in [2.45, 2.75) is 37.4 Å². The molecule has 1 aromatic rings. The number of piperazine rings is 1. The predicted octanol–water partition coefficient (Wildman–Crippen LogP) is 0.215. The minimum Gasteiger partial charge on any atom is -0.335 e. The van der Waals surface area contributed by atoms with Crippen molar-refractivity contribution >= 4 is 15.9 Å². The lowest BCUT2D eigenvalue weighted by Crippen LogP contribution is -2.51. The van der Waals surface area contributed by atoms with Gasteiger partial charge in [-0.15, -0.1) is 5.10 Å². The van der Waals surface area contributed by atoms with Crippen LogP contribution in [-0.4, -0.2) is 65.2 Å². The summed E-state index contributed by atoms with van der Waals surface area (Å²) in [6, 6.07) is 1.85. The molecule has 124 valence electrons. The molecule has 2 fully saturated rings. The summed E-state index contributed by atoms with van der Waals surface area (Å²) < 4.78 is 26.0. The van der Waals surface area contributed by atoms with E-state index in [1.54, 1.807) is 4.90 Å². The molecule has 0 unspecified atom stereocenters. The molecule has 0 atom stereocenters. The van der Waals surface area contributed by atoms with Crippen LogP contribution in [0.4, 0.5) is 0 Å². The van der Waals surface area contributed by atoms with Crippen molar-refractivity contribution < 1.29 is 13.2 Å². The molecule has 1 aromatic heterocycles. The molecule has 23 heavy (non-hydrogen) atoms. The van der Waals surface area contributed by atoms with Gasteiger partial charge in [-0.25, -0.2) is 8.42 Å². The number of hydrogen-bond donors (Lipinski definition) is 0. The fourth-order valence-corrected chi connectivity index (χ4v) is 5.14. The zero-order valence-electron chi connectivity index (χ0n) is 12.9. The van der Waals surface area contributed by atoms with Crippen molar-refractivity contribution in [3.63, 3.8) is 0 Å². The van der Waals surface area contributed by atoms with Gasteiger partial charge < -0.3 is 4.90 Å². The van der Waals surface area contributed by atoms with Crippen molar-refractivity contribution in [2.75, 3.05) is 26.2 Å². The molecular weight excluding hydrogens is 316 g/mol. The molecule has 1 saturated carbocycles. The summed E-state index contributed by atoms with van der Waals surface area (Å²) in [5.41, 5.74) is 2.50. The number of nitrogens with zero attached hydrogens (tertiary/aromatic N) is 4. The first-order valence-corrected chi connectivity index (χ1v) is 9.70. The van der Waals surface area contributed by atoms with Gasteiger partial charge in [0.25, 0.3) is 5.91 Å². The zero-order chi connectivity index (χ0) is 16.0. The Bertz CT molecular complexity index is 737. The number of carbonyl (C=O) groups excluding carboxylic acids is 1. The molecule has 7 nitrogen and oxygen atoms in total. The van der Waals surface area contributed by atoms with Gasteiger partial charge in [0, 0.05) is 26.2 Å². The van der Waals surface area contributed by atoms with Crippen LogP contribution in [0.25, 0.3) is 0 Å². The van der Waals surface area contributed by atoms with Crippen LogP contribution in [0.2, 0.25) is 0 Å². The van der Waals surface area contributed by atoms with Crippen molar-refractivity contribution in [3.05, 3.63) is 23.0 Å². The molecule has 0 aromatic carbocycles. The highest BCUT2D eigenvalue weighted by Gasteiger charge is 2.41. The van der Waals surface area contributed by atoms with Gasteiger partial charge >= 0.3 is 0 Å². The Morgan fingerprint density at radius 1 is 1.09 bits per heavy atom. The lowest BCUT2D eigenvalue weighted by molar-refractivity contribution is 0.0690. The molecule has 1 amide bonds. The maximum atomic E-state index is 12.6.